The quantitative estimate of drug-likeness (QED) is 0.748. The van der Waals surface area contributed by atoms with E-state index in [9.17, 15) is 10.1 Å². The van der Waals surface area contributed by atoms with E-state index >= 15 is 0 Å². The van der Waals surface area contributed by atoms with Gasteiger partial charge in [0, 0.05) is 36.9 Å². The predicted octanol–water partition coefficient (Wildman–Crippen LogP) is 2.71. The van der Waals surface area contributed by atoms with Crippen LogP contribution in [0.4, 0.5) is 5.82 Å². The summed E-state index contributed by atoms with van der Waals surface area (Å²) >= 11 is 0. The number of nitriles is 2. The second-order valence-corrected chi connectivity index (χ2v) is 8.55. The van der Waals surface area contributed by atoms with E-state index in [0.717, 1.165) is 37.1 Å². The Bertz CT molecular complexity index is 1070. The zero-order valence-electron chi connectivity index (χ0n) is 17.2. The van der Waals surface area contributed by atoms with Gasteiger partial charge in [-0.2, -0.15) is 10.5 Å². The first kappa shape index (κ1) is 19.5. The number of hydrogen-bond acceptors (Lipinski definition) is 6. The van der Waals surface area contributed by atoms with Crippen LogP contribution in [0.15, 0.2) is 42.6 Å². The van der Waals surface area contributed by atoms with E-state index in [4.69, 9.17) is 10.00 Å². The minimum absolute atomic E-state index is 0.00468. The molecule has 2 bridgehead atoms. The third-order valence-corrected chi connectivity index (χ3v) is 6.69. The van der Waals surface area contributed by atoms with Crippen LogP contribution in [0, 0.1) is 22.7 Å². The molecule has 2 aliphatic heterocycles. The van der Waals surface area contributed by atoms with Crippen LogP contribution < -0.4 is 4.90 Å². The van der Waals surface area contributed by atoms with Gasteiger partial charge in [0.25, 0.3) is 0 Å². The molecule has 1 aromatic heterocycles. The Kier molecular flexibility index (Phi) is 4.84. The zero-order valence-corrected chi connectivity index (χ0v) is 17.2. The molecule has 1 amide bonds. The molecule has 1 saturated carbocycles. The largest absolute Gasteiger partial charge is 0.360 e. The summed E-state index contributed by atoms with van der Waals surface area (Å²) in [6.45, 7) is 1.35. The van der Waals surface area contributed by atoms with Crippen LogP contribution in [0.1, 0.15) is 42.4 Å². The van der Waals surface area contributed by atoms with Gasteiger partial charge in [0.15, 0.2) is 0 Å². The van der Waals surface area contributed by atoms with Crippen molar-refractivity contribution in [3.05, 3.63) is 59.3 Å². The summed E-state index contributed by atoms with van der Waals surface area (Å²) in [5.74, 6) is 0.880. The average molecular weight is 413 g/mol. The SMILES string of the molecule is N#Cc1ccc(N2C3CCC2CN(C(=O)COC2(c4ccccc4C#N)CC2)C3)nc1. The van der Waals surface area contributed by atoms with E-state index in [1.165, 1.54) is 0 Å². The van der Waals surface area contributed by atoms with Crippen LogP contribution in [-0.2, 0) is 15.1 Å². The van der Waals surface area contributed by atoms with Crippen molar-refractivity contribution in [2.45, 2.75) is 43.4 Å². The van der Waals surface area contributed by atoms with E-state index in [2.05, 4.69) is 22.0 Å². The van der Waals surface area contributed by atoms with Gasteiger partial charge >= 0.3 is 0 Å². The lowest BCUT2D eigenvalue weighted by Crippen LogP contribution is -2.56. The molecule has 7 heteroatoms. The molecule has 3 fully saturated rings. The maximum absolute atomic E-state index is 13.0. The van der Waals surface area contributed by atoms with Crippen LogP contribution in [0.5, 0.6) is 0 Å². The Morgan fingerprint density at radius 2 is 1.84 bits per heavy atom. The summed E-state index contributed by atoms with van der Waals surface area (Å²) in [5, 5.41) is 18.4. The monoisotopic (exact) mass is 413 g/mol. The van der Waals surface area contributed by atoms with Crippen molar-refractivity contribution in [1.29, 1.82) is 10.5 Å². The molecule has 7 nitrogen and oxygen atoms in total. The van der Waals surface area contributed by atoms with Crippen LogP contribution in [-0.4, -0.2) is 47.6 Å². The molecule has 2 aromatic rings. The number of carbonyl (C=O) groups excluding carboxylic acids is 1. The zero-order chi connectivity index (χ0) is 21.4. The summed E-state index contributed by atoms with van der Waals surface area (Å²) in [5.41, 5.74) is 1.57. The van der Waals surface area contributed by atoms with Crippen molar-refractivity contribution >= 4 is 11.7 Å². The molecule has 0 N–H and O–H groups in total. The molecule has 1 aromatic carbocycles. The van der Waals surface area contributed by atoms with Crippen molar-refractivity contribution in [3.63, 3.8) is 0 Å². The first-order valence-corrected chi connectivity index (χ1v) is 10.7. The first-order chi connectivity index (χ1) is 15.1. The van der Waals surface area contributed by atoms with E-state index < -0.39 is 5.60 Å². The maximum Gasteiger partial charge on any atom is 0.248 e. The molecule has 3 heterocycles. The molecule has 3 aliphatic rings. The Morgan fingerprint density at radius 1 is 1.10 bits per heavy atom. The number of aromatic nitrogens is 1. The normalized spacial score (nSPS) is 23.2. The minimum atomic E-state index is -0.491. The number of hydrogen-bond donors (Lipinski definition) is 0. The fourth-order valence-electron chi connectivity index (χ4n) is 4.96. The Hall–Kier alpha value is -3.42. The predicted molar refractivity (Wildman–Crippen MR) is 113 cm³/mol. The van der Waals surface area contributed by atoms with Gasteiger partial charge in [-0.15, -0.1) is 0 Å². The Balaban J connectivity index is 1.23. The number of benzene rings is 1. The summed E-state index contributed by atoms with van der Waals surface area (Å²) in [4.78, 5) is 21.6. The highest BCUT2D eigenvalue weighted by Gasteiger charge is 2.48. The number of anilines is 1. The first-order valence-electron chi connectivity index (χ1n) is 10.7. The van der Waals surface area contributed by atoms with Gasteiger partial charge in [-0.3, -0.25) is 4.79 Å². The van der Waals surface area contributed by atoms with Gasteiger partial charge in [-0.1, -0.05) is 18.2 Å². The van der Waals surface area contributed by atoms with Gasteiger partial charge in [0.2, 0.25) is 5.91 Å². The fourth-order valence-corrected chi connectivity index (χ4v) is 4.96. The maximum atomic E-state index is 13.0. The molecule has 2 saturated heterocycles. The van der Waals surface area contributed by atoms with Crippen molar-refractivity contribution in [2.75, 3.05) is 24.6 Å². The fraction of sp³-hybridized carbons (Fsp3) is 0.417. The van der Waals surface area contributed by atoms with Crippen molar-refractivity contribution in [2.24, 2.45) is 0 Å². The molecular weight excluding hydrogens is 390 g/mol. The van der Waals surface area contributed by atoms with Crippen molar-refractivity contribution in [1.82, 2.24) is 9.88 Å². The summed E-state index contributed by atoms with van der Waals surface area (Å²) in [6.07, 6.45) is 5.33. The van der Waals surface area contributed by atoms with Crippen LogP contribution in [0.2, 0.25) is 0 Å². The summed E-state index contributed by atoms with van der Waals surface area (Å²) in [7, 11) is 0. The lowest BCUT2D eigenvalue weighted by molar-refractivity contribution is -0.140. The summed E-state index contributed by atoms with van der Waals surface area (Å²) in [6, 6.07) is 16.0. The number of ether oxygens (including phenoxy) is 1. The third kappa shape index (κ3) is 3.52. The lowest BCUT2D eigenvalue weighted by Gasteiger charge is -2.41. The number of amides is 1. The molecule has 0 radical (unpaired) electrons. The van der Waals surface area contributed by atoms with E-state index in [1.807, 2.05) is 29.2 Å². The van der Waals surface area contributed by atoms with E-state index in [-0.39, 0.29) is 24.6 Å². The highest BCUT2D eigenvalue weighted by atomic mass is 16.5. The number of fused-ring (bicyclic) bond motifs is 2. The molecule has 1 aliphatic carbocycles. The molecule has 156 valence electrons. The third-order valence-electron chi connectivity index (χ3n) is 6.69. The van der Waals surface area contributed by atoms with Gasteiger partial charge in [0.05, 0.1) is 22.8 Å². The molecule has 2 atom stereocenters. The highest BCUT2D eigenvalue weighted by molar-refractivity contribution is 5.78. The van der Waals surface area contributed by atoms with Crippen molar-refractivity contribution < 1.29 is 9.53 Å². The molecule has 5 rings (SSSR count). The molecule has 2 unspecified atom stereocenters. The van der Waals surface area contributed by atoms with Crippen LogP contribution in [0.3, 0.4) is 0 Å². The minimum Gasteiger partial charge on any atom is -0.360 e. The second kappa shape index (κ2) is 7.68. The second-order valence-electron chi connectivity index (χ2n) is 8.55. The lowest BCUT2D eigenvalue weighted by atomic mass is 10.0. The standard InChI is InChI=1S/C24H23N5O2/c25-11-17-5-8-22(27-13-17)29-19-6-7-20(29)15-28(14-19)23(30)16-31-24(9-10-24)21-4-2-1-3-18(21)12-26/h1-5,8,13,19-20H,6-7,9-10,14-16H2. The number of nitrogens with zero attached hydrogens (tertiary/aromatic N) is 5. The van der Waals surface area contributed by atoms with E-state index in [1.54, 1.807) is 18.3 Å². The smallest absolute Gasteiger partial charge is 0.248 e. The van der Waals surface area contributed by atoms with Crippen molar-refractivity contribution in [3.8, 4) is 12.1 Å². The van der Waals surface area contributed by atoms with E-state index in [0.29, 0.717) is 24.2 Å². The Labute approximate surface area is 181 Å². The molecule has 31 heavy (non-hydrogen) atoms. The number of rotatable bonds is 5. The number of likely N-dealkylation sites (tertiary alicyclic amines) is 1. The van der Waals surface area contributed by atoms with Gasteiger partial charge in [-0.05, 0) is 43.9 Å². The molecule has 0 spiro atoms. The van der Waals surface area contributed by atoms with Gasteiger partial charge in [0.1, 0.15) is 18.5 Å². The Morgan fingerprint density at radius 3 is 2.45 bits per heavy atom. The van der Waals surface area contributed by atoms with Crippen LogP contribution in [0.25, 0.3) is 0 Å². The van der Waals surface area contributed by atoms with Gasteiger partial charge < -0.3 is 14.5 Å². The average Bonchev–Trinajstić information content (AvgIpc) is 3.56. The summed E-state index contributed by atoms with van der Waals surface area (Å²) < 4.78 is 6.11. The topological polar surface area (TPSA) is 93.3 Å². The molecular formula is C24H23N5O2. The highest BCUT2D eigenvalue weighted by Crippen LogP contribution is 2.50. The number of piperazine rings is 1. The van der Waals surface area contributed by atoms with Gasteiger partial charge in [-0.25, -0.2) is 4.98 Å². The number of pyridine rings is 1. The number of carbonyl (C=O) groups is 1. The van der Waals surface area contributed by atoms with Crippen LogP contribution >= 0.6 is 0 Å².